The highest BCUT2D eigenvalue weighted by molar-refractivity contribution is 7.98. The largest absolute Gasteiger partial charge is 0.464 e. The van der Waals surface area contributed by atoms with E-state index in [1.54, 1.807) is 18.7 Å². The van der Waals surface area contributed by atoms with Gasteiger partial charge in [0, 0.05) is 17.9 Å². The zero-order valence-corrected chi connectivity index (χ0v) is 18.4. The van der Waals surface area contributed by atoms with Crippen LogP contribution < -0.4 is 5.32 Å². The molecule has 1 amide bonds. The lowest BCUT2D eigenvalue weighted by molar-refractivity contribution is -0.144. The number of thioether (sulfide) groups is 1. The number of rotatable bonds is 11. The van der Waals surface area contributed by atoms with Crippen molar-refractivity contribution in [3.8, 4) is 0 Å². The van der Waals surface area contributed by atoms with Crippen LogP contribution in [0.15, 0.2) is 30.3 Å². The van der Waals surface area contributed by atoms with Crippen molar-refractivity contribution in [3.05, 3.63) is 35.9 Å². The van der Waals surface area contributed by atoms with E-state index in [0.29, 0.717) is 12.2 Å². The molecule has 29 heavy (non-hydrogen) atoms. The first kappa shape index (κ1) is 23.4. The minimum absolute atomic E-state index is 0.00201. The summed E-state index contributed by atoms with van der Waals surface area (Å²) in [5, 5.41) is 2.79. The van der Waals surface area contributed by atoms with Crippen molar-refractivity contribution < 1.29 is 23.9 Å². The lowest BCUT2D eigenvalue weighted by atomic mass is 9.88. The van der Waals surface area contributed by atoms with Gasteiger partial charge in [0.25, 0.3) is 5.91 Å². The molecule has 7 heteroatoms. The minimum Gasteiger partial charge on any atom is -0.464 e. The molecule has 0 aliphatic carbocycles. The van der Waals surface area contributed by atoms with Crippen LogP contribution in [0.4, 0.5) is 0 Å². The molecule has 0 aromatic heterocycles. The summed E-state index contributed by atoms with van der Waals surface area (Å²) >= 11 is 1.60. The number of nitrogens with one attached hydrogen (secondary N) is 1. The summed E-state index contributed by atoms with van der Waals surface area (Å²) in [7, 11) is 0. The molecule has 1 aliphatic heterocycles. The number of carbonyl (C=O) groups excluding carboxylic acids is 3. The molecule has 0 saturated carbocycles. The predicted molar refractivity (Wildman–Crippen MR) is 114 cm³/mol. The molecule has 0 radical (unpaired) electrons. The maximum Gasteiger partial charge on any atom is 0.338 e. The highest BCUT2D eigenvalue weighted by Crippen LogP contribution is 2.25. The predicted octanol–water partition coefficient (Wildman–Crippen LogP) is 3.13. The topological polar surface area (TPSA) is 85.0 Å². The summed E-state index contributed by atoms with van der Waals surface area (Å²) in [5.74, 6) is 0.257. The fraction of sp³-hybridized carbons (Fsp3) is 0.591. The van der Waals surface area contributed by atoms with Gasteiger partial charge in [-0.25, -0.2) is 4.79 Å². The van der Waals surface area contributed by atoms with Crippen LogP contribution in [-0.4, -0.2) is 48.3 Å². The van der Waals surface area contributed by atoms with Crippen molar-refractivity contribution in [2.45, 2.75) is 64.5 Å². The fourth-order valence-electron chi connectivity index (χ4n) is 2.73. The third kappa shape index (κ3) is 8.19. The maximum atomic E-state index is 12.8. The van der Waals surface area contributed by atoms with E-state index in [1.165, 1.54) is 0 Å². The van der Waals surface area contributed by atoms with Crippen LogP contribution in [0.25, 0.3) is 0 Å². The van der Waals surface area contributed by atoms with E-state index < -0.39 is 30.1 Å². The molecule has 0 unspecified atom stereocenters. The lowest BCUT2D eigenvalue weighted by Gasteiger charge is -2.21. The fourth-order valence-corrected chi connectivity index (χ4v) is 3.78. The highest BCUT2D eigenvalue weighted by atomic mass is 32.2. The second-order valence-corrected chi connectivity index (χ2v) is 9.35. The molecular weight excluding hydrogens is 390 g/mol. The van der Waals surface area contributed by atoms with Crippen LogP contribution in [0.1, 0.15) is 46.1 Å². The number of benzene rings is 1. The van der Waals surface area contributed by atoms with E-state index in [2.05, 4.69) is 26.1 Å². The van der Waals surface area contributed by atoms with Crippen molar-refractivity contribution in [1.29, 1.82) is 0 Å². The molecule has 0 bridgehead atoms. The third-order valence-corrected chi connectivity index (χ3v) is 5.60. The van der Waals surface area contributed by atoms with Crippen molar-refractivity contribution in [1.82, 2.24) is 5.32 Å². The molecule has 0 spiro atoms. The van der Waals surface area contributed by atoms with E-state index in [0.717, 1.165) is 17.7 Å². The Morgan fingerprint density at radius 3 is 2.48 bits per heavy atom. The summed E-state index contributed by atoms with van der Waals surface area (Å²) in [6, 6.07) is 9.37. The molecule has 1 aromatic carbocycles. The zero-order chi connectivity index (χ0) is 21.4. The molecule has 1 saturated heterocycles. The molecule has 1 fully saturated rings. The Morgan fingerprint density at radius 1 is 1.17 bits per heavy atom. The van der Waals surface area contributed by atoms with Gasteiger partial charge < -0.3 is 14.8 Å². The quantitative estimate of drug-likeness (QED) is 0.436. The number of carbonyl (C=O) groups is 3. The number of esters is 1. The maximum absolute atomic E-state index is 12.8. The van der Waals surface area contributed by atoms with Crippen LogP contribution in [0, 0.1) is 5.41 Å². The Morgan fingerprint density at radius 2 is 1.86 bits per heavy atom. The molecule has 3 atom stereocenters. The Bertz CT molecular complexity index is 701. The number of ketones is 1. The van der Waals surface area contributed by atoms with Crippen molar-refractivity contribution >= 4 is 29.4 Å². The molecule has 1 aromatic rings. The summed E-state index contributed by atoms with van der Waals surface area (Å²) in [4.78, 5) is 36.9. The Hall–Kier alpha value is -1.86. The first-order valence-corrected chi connectivity index (χ1v) is 11.1. The Kier molecular flexibility index (Phi) is 8.71. The summed E-state index contributed by atoms with van der Waals surface area (Å²) in [6.45, 7) is 8.18. The average Bonchev–Trinajstić information content (AvgIpc) is 3.47. The van der Waals surface area contributed by atoms with E-state index in [9.17, 15) is 14.4 Å². The van der Waals surface area contributed by atoms with Crippen LogP contribution >= 0.6 is 11.8 Å². The average molecular weight is 422 g/mol. The van der Waals surface area contributed by atoms with Gasteiger partial charge in [-0.05, 0) is 24.3 Å². The van der Waals surface area contributed by atoms with Crippen LogP contribution in [-0.2, 0) is 29.6 Å². The van der Waals surface area contributed by atoms with E-state index in [4.69, 9.17) is 9.47 Å². The number of hydrogen-bond acceptors (Lipinski definition) is 6. The van der Waals surface area contributed by atoms with Crippen LogP contribution in [0.3, 0.4) is 0 Å². The van der Waals surface area contributed by atoms with Gasteiger partial charge in [0.15, 0.2) is 18.0 Å². The van der Waals surface area contributed by atoms with Crippen molar-refractivity contribution in [2.75, 3.05) is 12.4 Å². The zero-order valence-electron chi connectivity index (χ0n) is 17.6. The Balaban J connectivity index is 1.91. The highest BCUT2D eigenvalue weighted by Gasteiger charge is 2.52. The number of ether oxygens (including phenoxy) is 2. The van der Waals surface area contributed by atoms with Gasteiger partial charge in [-0.1, -0.05) is 51.1 Å². The SMILES string of the molecule is CCOC(=O)[C@H]1O[C@@H]1C(=O)N[C@@H](CSCc1ccccc1)C(=O)CCC(C)(C)C. The third-order valence-electron chi connectivity index (χ3n) is 4.49. The van der Waals surface area contributed by atoms with Gasteiger partial charge in [0.1, 0.15) is 0 Å². The van der Waals surface area contributed by atoms with E-state index in [-0.39, 0.29) is 17.8 Å². The minimum atomic E-state index is -0.869. The first-order chi connectivity index (χ1) is 13.7. The van der Waals surface area contributed by atoms with E-state index >= 15 is 0 Å². The summed E-state index contributed by atoms with van der Waals surface area (Å²) in [6.07, 6.45) is -0.594. The van der Waals surface area contributed by atoms with Crippen LogP contribution in [0.2, 0.25) is 0 Å². The van der Waals surface area contributed by atoms with Gasteiger partial charge >= 0.3 is 5.97 Å². The second-order valence-electron chi connectivity index (χ2n) is 8.32. The molecule has 160 valence electrons. The number of hydrogen-bond donors (Lipinski definition) is 1. The van der Waals surface area contributed by atoms with Crippen molar-refractivity contribution in [3.63, 3.8) is 0 Å². The van der Waals surface area contributed by atoms with Crippen LogP contribution in [0.5, 0.6) is 0 Å². The molecule has 6 nitrogen and oxygen atoms in total. The first-order valence-electron chi connectivity index (χ1n) is 9.98. The second kappa shape index (κ2) is 10.8. The van der Waals surface area contributed by atoms with E-state index in [1.807, 2.05) is 30.3 Å². The lowest BCUT2D eigenvalue weighted by Crippen LogP contribution is -2.45. The number of epoxide rings is 1. The van der Waals surface area contributed by atoms with Gasteiger partial charge in [0.2, 0.25) is 0 Å². The Labute approximate surface area is 177 Å². The molecular formula is C22H31NO5S. The standard InChI is InChI=1S/C22H31NO5S/c1-5-27-21(26)19-18(28-19)20(25)23-16(17(24)11-12-22(2,3)4)14-29-13-15-9-7-6-8-10-15/h6-10,16,18-19H,5,11-14H2,1-4H3,(H,23,25)/t16-,18-,19-/m0/s1. The summed E-state index contributed by atoms with van der Waals surface area (Å²) in [5.41, 5.74) is 1.20. The van der Waals surface area contributed by atoms with Gasteiger partial charge in [-0.15, -0.1) is 0 Å². The van der Waals surface area contributed by atoms with Crippen molar-refractivity contribution in [2.24, 2.45) is 5.41 Å². The number of Topliss-reactive ketones (excluding diaryl/α,β-unsaturated/α-hetero) is 1. The van der Waals surface area contributed by atoms with Gasteiger partial charge in [-0.3, -0.25) is 9.59 Å². The molecule has 1 heterocycles. The molecule has 1 aliphatic rings. The van der Waals surface area contributed by atoms with Gasteiger partial charge in [0.05, 0.1) is 12.6 Å². The molecule has 2 rings (SSSR count). The normalized spacial score (nSPS) is 19.3. The smallest absolute Gasteiger partial charge is 0.338 e. The monoisotopic (exact) mass is 421 g/mol. The van der Waals surface area contributed by atoms with Gasteiger partial charge in [-0.2, -0.15) is 11.8 Å². The molecule has 1 N–H and O–H groups in total. The summed E-state index contributed by atoms with van der Waals surface area (Å²) < 4.78 is 10.0. The number of amides is 1.